The van der Waals surface area contributed by atoms with Gasteiger partial charge in [0.15, 0.2) is 0 Å². The summed E-state index contributed by atoms with van der Waals surface area (Å²) in [7, 11) is 1.71. The standard InChI is InChI=1S/C12H14O/c1-13-9-11-7-4-6-10-5-2-3-8-12(10)11/h2-3,5,8-9H,4,6-7H2,1H3/b11-9+. The molecular formula is C12H14O. The smallest absolute Gasteiger partial charge is 0.0862 e. The molecule has 68 valence electrons. The van der Waals surface area contributed by atoms with Crippen molar-refractivity contribution in [3.63, 3.8) is 0 Å². The van der Waals surface area contributed by atoms with E-state index in [0.717, 1.165) is 6.42 Å². The number of methoxy groups -OCH3 is 1. The topological polar surface area (TPSA) is 9.23 Å². The summed E-state index contributed by atoms with van der Waals surface area (Å²) in [5, 5.41) is 0. The van der Waals surface area contributed by atoms with E-state index < -0.39 is 0 Å². The average molecular weight is 174 g/mol. The van der Waals surface area contributed by atoms with Crippen molar-refractivity contribution in [2.24, 2.45) is 0 Å². The Morgan fingerprint density at radius 1 is 1.23 bits per heavy atom. The van der Waals surface area contributed by atoms with Crippen LogP contribution in [0.15, 0.2) is 30.5 Å². The average Bonchev–Trinajstić information content (AvgIpc) is 2.19. The van der Waals surface area contributed by atoms with Crippen LogP contribution in [0.5, 0.6) is 0 Å². The van der Waals surface area contributed by atoms with Gasteiger partial charge in [-0.1, -0.05) is 24.3 Å². The zero-order chi connectivity index (χ0) is 9.10. The summed E-state index contributed by atoms with van der Waals surface area (Å²) >= 11 is 0. The van der Waals surface area contributed by atoms with Gasteiger partial charge in [0.2, 0.25) is 0 Å². The molecule has 0 radical (unpaired) electrons. The monoisotopic (exact) mass is 174 g/mol. The molecule has 0 saturated heterocycles. The first-order chi connectivity index (χ1) is 6.42. The predicted molar refractivity (Wildman–Crippen MR) is 54.4 cm³/mol. The van der Waals surface area contributed by atoms with Crippen LogP contribution >= 0.6 is 0 Å². The van der Waals surface area contributed by atoms with E-state index in [9.17, 15) is 0 Å². The maximum Gasteiger partial charge on any atom is 0.0862 e. The number of aryl methyl sites for hydroxylation is 1. The van der Waals surface area contributed by atoms with Crippen molar-refractivity contribution < 1.29 is 4.74 Å². The fourth-order valence-electron chi connectivity index (χ4n) is 1.92. The molecule has 0 unspecified atom stereocenters. The maximum absolute atomic E-state index is 5.08. The van der Waals surface area contributed by atoms with Crippen molar-refractivity contribution in [1.29, 1.82) is 0 Å². The summed E-state index contributed by atoms with van der Waals surface area (Å²) in [6, 6.07) is 8.58. The van der Waals surface area contributed by atoms with Gasteiger partial charge in [-0.3, -0.25) is 0 Å². The van der Waals surface area contributed by atoms with Crippen LogP contribution in [0, 0.1) is 0 Å². The molecule has 2 rings (SSSR count). The minimum atomic E-state index is 1.14. The Morgan fingerprint density at radius 3 is 2.92 bits per heavy atom. The number of ether oxygens (including phenoxy) is 1. The summed E-state index contributed by atoms with van der Waals surface area (Å²) < 4.78 is 5.08. The molecule has 0 fully saturated rings. The van der Waals surface area contributed by atoms with E-state index in [1.807, 2.05) is 6.26 Å². The first kappa shape index (κ1) is 8.36. The van der Waals surface area contributed by atoms with Gasteiger partial charge in [0.1, 0.15) is 0 Å². The lowest BCUT2D eigenvalue weighted by Gasteiger charge is -2.17. The van der Waals surface area contributed by atoms with Gasteiger partial charge in [-0.05, 0) is 36.0 Å². The highest BCUT2D eigenvalue weighted by atomic mass is 16.5. The molecule has 1 aromatic rings. The minimum Gasteiger partial charge on any atom is -0.504 e. The molecule has 0 aliphatic heterocycles. The SMILES string of the molecule is CO/C=C1\CCCc2ccccc21. The Labute approximate surface area is 79.0 Å². The van der Waals surface area contributed by atoms with E-state index in [2.05, 4.69) is 24.3 Å². The predicted octanol–water partition coefficient (Wildman–Crippen LogP) is 3.01. The Balaban J connectivity index is 2.42. The third-order valence-electron chi connectivity index (χ3n) is 2.52. The molecule has 1 heteroatoms. The van der Waals surface area contributed by atoms with Crippen LogP contribution in [0.3, 0.4) is 0 Å². The van der Waals surface area contributed by atoms with Gasteiger partial charge >= 0.3 is 0 Å². The lowest BCUT2D eigenvalue weighted by Crippen LogP contribution is -2.01. The molecule has 1 aliphatic carbocycles. The summed E-state index contributed by atoms with van der Waals surface area (Å²) in [5.74, 6) is 0. The van der Waals surface area contributed by atoms with E-state index in [4.69, 9.17) is 4.74 Å². The molecule has 0 aromatic heterocycles. The van der Waals surface area contributed by atoms with Crippen LogP contribution in [0.4, 0.5) is 0 Å². The molecule has 0 atom stereocenters. The summed E-state index contributed by atoms with van der Waals surface area (Å²) in [5.41, 5.74) is 4.16. The second kappa shape index (κ2) is 3.65. The van der Waals surface area contributed by atoms with Gasteiger partial charge < -0.3 is 4.74 Å². The minimum absolute atomic E-state index is 1.14. The third-order valence-corrected chi connectivity index (χ3v) is 2.52. The van der Waals surface area contributed by atoms with Crippen molar-refractivity contribution in [3.8, 4) is 0 Å². The van der Waals surface area contributed by atoms with Crippen molar-refractivity contribution in [2.75, 3.05) is 7.11 Å². The van der Waals surface area contributed by atoms with Crippen LogP contribution in [-0.4, -0.2) is 7.11 Å². The van der Waals surface area contributed by atoms with E-state index >= 15 is 0 Å². The van der Waals surface area contributed by atoms with Crippen molar-refractivity contribution in [1.82, 2.24) is 0 Å². The molecule has 1 nitrogen and oxygen atoms in total. The molecule has 0 bridgehead atoms. The molecule has 0 spiro atoms. The molecule has 0 N–H and O–H groups in total. The zero-order valence-electron chi connectivity index (χ0n) is 7.92. The Bertz CT molecular complexity index is 326. The quantitative estimate of drug-likeness (QED) is 0.595. The first-order valence-electron chi connectivity index (χ1n) is 4.72. The van der Waals surface area contributed by atoms with Crippen molar-refractivity contribution in [2.45, 2.75) is 19.3 Å². The van der Waals surface area contributed by atoms with Gasteiger partial charge in [-0.15, -0.1) is 0 Å². The van der Waals surface area contributed by atoms with Gasteiger partial charge in [-0.25, -0.2) is 0 Å². The van der Waals surface area contributed by atoms with E-state index in [-0.39, 0.29) is 0 Å². The second-order valence-corrected chi connectivity index (χ2v) is 3.39. The Kier molecular flexibility index (Phi) is 2.35. The van der Waals surface area contributed by atoms with Crippen LogP contribution < -0.4 is 0 Å². The van der Waals surface area contributed by atoms with Gasteiger partial charge in [0, 0.05) is 0 Å². The Hall–Kier alpha value is -1.24. The number of fused-ring (bicyclic) bond motifs is 1. The van der Waals surface area contributed by atoms with E-state index in [0.29, 0.717) is 0 Å². The number of hydrogen-bond donors (Lipinski definition) is 0. The Morgan fingerprint density at radius 2 is 2.08 bits per heavy atom. The normalized spacial score (nSPS) is 18.4. The second-order valence-electron chi connectivity index (χ2n) is 3.39. The van der Waals surface area contributed by atoms with Crippen molar-refractivity contribution >= 4 is 5.57 Å². The number of hydrogen-bond acceptors (Lipinski definition) is 1. The summed E-state index contributed by atoms with van der Waals surface area (Å²) in [6.45, 7) is 0. The fourth-order valence-corrected chi connectivity index (χ4v) is 1.92. The highest BCUT2D eigenvalue weighted by molar-refractivity contribution is 5.69. The highest BCUT2D eigenvalue weighted by Gasteiger charge is 2.12. The lowest BCUT2D eigenvalue weighted by atomic mass is 9.88. The fraction of sp³-hybridized carbons (Fsp3) is 0.333. The van der Waals surface area contributed by atoms with Crippen LogP contribution in [0.2, 0.25) is 0 Å². The number of benzene rings is 1. The van der Waals surface area contributed by atoms with Crippen LogP contribution in [0.25, 0.3) is 5.57 Å². The molecule has 0 amide bonds. The molecule has 0 heterocycles. The van der Waals surface area contributed by atoms with Crippen LogP contribution in [0.1, 0.15) is 24.0 Å². The number of allylic oxidation sites excluding steroid dienone is 1. The van der Waals surface area contributed by atoms with E-state index in [1.54, 1.807) is 7.11 Å². The molecule has 1 aliphatic rings. The van der Waals surface area contributed by atoms with Gasteiger partial charge in [0.05, 0.1) is 13.4 Å². The van der Waals surface area contributed by atoms with Gasteiger partial charge in [0.25, 0.3) is 0 Å². The van der Waals surface area contributed by atoms with E-state index in [1.165, 1.54) is 29.5 Å². The molecule has 13 heavy (non-hydrogen) atoms. The maximum atomic E-state index is 5.08. The summed E-state index contributed by atoms with van der Waals surface area (Å²) in [4.78, 5) is 0. The van der Waals surface area contributed by atoms with Gasteiger partial charge in [-0.2, -0.15) is 0 Å². The number of rotatable bonds is 1. The largest absolute Gasteiger partial charge is 0.504 e. The summed E-state index contributed by atoms with van der Waals surface area (Å²) in [6.07, 6.45) is 5.46. The molecule has 0 saturated carbocycles. The first-order valence-corrected chi connectivity index (χ1v) is 4.72. The highest BCUT2D eigenvalue weighted by Crippen LogP contribution is 2.30. The molecular weight excluding hydrogens is 160 g/mol. The lowest BCUT2D eigenvalue weighted by molar-refractivity contribution is 0.338. The zero-order valence-corrected chi connectivity index (χ0v) is 7.92. The van der Waals surface area contributed by atoms with Crippen molar-refractivity contribution in [3.05, 3.63) is 41.7 Å². The van der Waals surface area contributed by atoms with Crippen LogP contribution in [-0.2, 0) is 11.2 Å². The third kappa shape index (κ3) is 1.59. The molecule has 1 aromatic carbocycles.